The van der Waals surface area contributed by atoms with E-state index in [-0.39, 0.29) is 12.1 Å². The van der Waals surface area contributed by atoms with Gasteiger partial charge in [-0.15, -0.1) is 0 Å². The lowest BCUT2D eigenvalue weighted by Gasteiger charge is -2.28. The highest BCUT2D eigenvalue weighted by atomic mass is 32.2. The minimum atomic E-state index is -0.532. The summed E-state index contributed by atoms with van der Waals surface area (Å²) < 4.78 is 0. The van der Waals surface area contributed by atoms with Crippen LogP contribution in [0.4, 0.5) is 10.5 Å². The predicted octanol–water partition coefficient (Wildman–Crippen LogP) is 3.54. The van der Waals surface area contributed by atoms with Crippen molar-refractivity contribution in [2.45, 2.75) is 50.0 Å². The van der Waals surface area contributed by atoms with Gasteiger partial charge in [0.25, 0.3) is 0 Å². The molecule has 1 fully saturated rings. The van der Waals surface area contributed by atoms with Gasteiger partial charge in [0.15, 0.2) is 0 Å². The number of aliphatic hydroxyl groups excluding tert-OH is 1. The van der Waals surface area contributed by atoms with Crippen LogP contribution in [0.5, 0.6) is 0 Å². The summed E-state index contributed by atoms with van der Waals surface area (Å²) in [5, 5.41) is 16.1. The van der Waals surface area contributed by atoms with Gasteiger partial charge in [0.05, 0.1) is 6.10 Å². The highest BCUT2D eigenvalue weighted by Crippen LogP contribution is 2.27. The highest BCUT2D eigenvalue weighted by Gasteiger charge is 2.22. The number of hydrogen-bond acceptors (Lipinski definition) is 3. The van der Waals surface area contributed by atoms with E-state index in [0.29, 0.717) is 10.9 Å². The quantitative estimate of drug-likeness (QED) is 0.797. The number of amides is 2. The van der Waals surface area contributed by atoms with Crippen molar-refractivity contribution in [1.29, 1.82) is 0 Å². The van der Waals surface area contributed by atoms with E-state index < -0.39 is 6.10 Å². The Morgan fingerprint density at radius 3 is 2.95 bits per heavy atom. The average Bonchev–Trinajstić information content (AvgIpc) is 2.47. The second-order valence-electron chi connectivity index (χ2n) is 5.62. The van der Waals surface area contributed by atoms with Gasteiger partial charge < -0.3 is 15.7 Å². The van der Waals surface area contributed by atoms with Crippen LogP contribution in [0.15, 0.2) is 24.3 Å². The van der Waals surface area contributed by atoms with E-state index in [1.807, 2.05) is 30.0 Å². The minimum Gasteiger partial charge on any atom is -0.389 e. The van der Waals surface area contributed by atoms with Gasteiger partial charge in [-0.3, -0.25) is 0 Å². The van der Waals surface area contributed by atoms with Gasteiger partial charge in [0.1, 0.15) is 0 Å². The molecule has 2 amide bonds. The van der Waals surface area contributed by atoms with Crippen molar-refractivity contribution >= 4 is 23.5 Å². The second kappa shape index (κ2) is 7.71. The molecule has 3 N–H and O–H groups in total. The van der Waals surface area contributed by atoms with Crippen LogP contribution >= 0.6 is 11.8 Å². The molecule has 0 heterocycles. The van der Waals surface area contributed by atoms with Crippen LogP contribution in [0.3, 0.4) is 0 Å². The number of nitrogens with one attached hydrogen (secondary N) is 2. The van der Waals surface area contributed by atoms with Crippen molar-refractivity contribution in [2.24, 2.45) is 0 Å². The van der Waals surface area contributed by atoms with E-state index in [1.165, 1.54) is 12.8 Å². The number of carbonyl (C=O) groups is 1. The van der Waals surface area contributed by atoms with Gasteiger partial charge in [-0.1, -0.05) is 18.6 Å². The standard InChI is InChI=1S/C16H24N2O2S/c1-11(19)12-5-3-6-13(9-12)17-16(20)18-14-7-4-8-15(10-14)21-2/h3,5-6,9,11,14-15,19H,4,7-8,10H2,1-2H3,(H2,17,18,20). The Bertz CT molecular complexity index is 479. The molecule has 0 radical (unpaired) electrons. The lowest BCUT2D eigenvalue weighted by Crippen LogP contribution is -2.41. The molecule has 3 atom stereocenters. The number of urea groups is 1. The third kappa shape index (κ3) is 4.93. The van der Waals surface area contributed by atoms with Crippen molar-refractivity contribution in [2.75, 3.05) is 11.6 Å². The maximum Gasteiger partial charge on any atom is 0.319 e. The number of carbonyl (C=O) groups excluding carboxylic acids is 1. The number of anilines is 1. The van der Waals surface area contributed by atoms with Crippen molar-refractivity contribution in [3.05, 3.63) is 29.8 Å². The summed E-state index contributed by atoms with van der Waals surface area (Å²) in [4.78, 5) is 12.1. The van der Waals surface area contributed by atoms with Crippen molar-refractivity contribution < 1.29 is 9.90 Å². The molecular formula is C16H24N2O2S. The molecule has 1 saturated carbocycles. The second-order valence-corrected chi connectivity index (χ2v) is 6.76. The zero-order chi connectivity index (χ0) is 15.2. The largest absolute Gasteiger partial charge is 0.389 e. The van der Waals surface area contributed by atoms with E-state index in [1.54, 1.807) is 13.0 Å². The Kier molecular flexibility index (Phi) is 5.94. The van der Waals surface area contributed by atoms with E-state index in [9.17, 15) is 9.90 Å². The van der Waals surface area contributed by atoms with Crippen LogP contribution in [-0.4, -0.2) is 28.7 Å². The molecule has 1 aromatic carbocycles. The summed E-state index contributed by atoms with van der Waals surface area (Å²) in [7, 11) is 0. The SMILES string of the molecule is CSC1CCCC(NC(=O)Nc2cccc(C(C)O)c2)C1. The Hall–Kier alpha value is -1.20. The Labute approximate surface area is 130 Å². The van der Waals surface area contributed by atoms with E-state index in [0.717, 1.165) is 18.4 Å². The van der Waals surface area contributed by atoms with Crippen LogP contribution in [0.1, 0.15) is 44.3 Å². The molecule has 21 heavy (non-hydrogen) atoms. The van der Waals surface area contributed by atoms with E-state index in [2.05, 4.69) is 16.9 Å². The van der Waals surface area contributed by atoms with Gasteiger partial charge in [-0.25, -0.2) is 4.79 Å². The maximum absolute atomic E-state index is 12.1. The molecule has 5 heteroatoms. The summed E-state index contributed by atoms with van der Waals surface area (Å²) in [5.41, 5.74) is 1.51. The molecule has 0 aromatic heterocycles. The Morgan fingerprint density at radius 1 is 1.43 bits per heavy atom. The van der Waals surface area contributed by atoms with Gasteiger partial charge in [-0.05, 0) is 50.1 Å². The average molecular weight is 308 g/mol. The van der Waals surface area contributed by atoms with Crippen LogP contribution in [0.25, 0.3) is 0 Å². The molecule has 0 saturated heterocycles. The third-order valence-electron chi connectivity index (χ3n) is 3.92. The first-order chi connectivity index (χ1) is 10.1. The number of hydrogen-bond donors (Lipinski definition) is 3. The number of benzene rings is 1. The Morgan fingerprint density at radius 2 is 2.24 bits per heavy atom. The van der Waals surface area contributed by atoms with E-state index >= 15 is 0 Å². The molecule has 1 aliphatic rings. The molecule has 1 aliphatic carbocycles. The summed E-state index contributed by atoms with van der Waals surface area (Å²) in [5.74, 6) is 0. The fourth-order valence-electron chi connectivity index (χ4n) is 2.72. The molecule has 3 unspecified atom stereocenters. The highest BCUT2D eigenvalue weighted by molar-refractivity contribution is 7.99. The summed E-state index contributed by atoms with van der Waals surface area (Å²) in [6.45, 7) is 1.71. The maximum atomic E-state index is 12.1. The molecule has 4 nitrogen and oxygen atoms in total. The van der Waals surface area contributed by atoms with Crippen LogP contribution < -0.4 is 10.6 Å². The normalized spacial score (nSPS) is 23.4. The topological polar surface area (TPSA) is 61.4 Å². The first-order valence-corrected chi connectivity index (χ1v) is 8.75. The lowest BCUT2D eigenvalue weighted by molar-refractivity contribution is 0.199. The molecule has 0 spiro atoms. The molecular weight excluding hydrogens is 284 g/mol. The van der Waals surface area contributed by atoms with Gasteiger partial charge >= 0.3 is 6.03 Å². The number of thioether (sulfide) groups is 1. The van der Waals surface area contributed by atoms with Gasteiger partial charge in [-0.2, -0.15) is 11.8 Å². The van der Waals surface area contributed by atoms with Crippen molar-refractivity contribution in [1.82, 2.24) is 5.32 Å². The first kappa shape index (κ1) is 16.2. The van der Waals surface area contributed by atoms with Crippen molar-refractivity contribution in [3.8, 4) is 0 Å². The van der Waals surface area contributed by atoms with Crippen molar-refractivity contribution in [3.63, 3.8) is 0 Å². The number of rotatable bonds is 4. The summed E-state index contributed by atoms with van der Waals surface area (Å²) in [6.07, 6.45) is 6.12. The van der Waals surface area contributed by atoms with Crippen LogP contribution in [-0.2, 0) is 0 Å². The van der Waals surface area contributed by atoms with Crippen LogP contribution in [0.2, 0.25) is 0 Å². The number of aliphatic hydroxyl groups is 1. The zero-order valence-corrected chi connectivity index (χ0v) is 13.5. The summed E-state index contributed by atoms with van der Waals surface area (Å²) in [6, 6.07) is 7.41. The molecule has 116 valence electrons. The van der Waals surface area contributed by atoms with Gasteiger partial charge in [0, 0.05) is 17.0 Å². The minimum absolute atomic E-state index is 0.163. The van der Waals surface area contributed by atoms with E-state index in [4.69, 9.17) is 0 Å². The molecule has 2 rings (SSSR count). The van der Waals surface area contributed by atoms with Crippen LogP contribution in [0, 0.1) is 0 Å². The monoisotopic (exact) mass is 308 g/mol. The predicted molar refractivity (Wildman–Crippen MR) is 88.8 cm³/mol. The smallest absolute Gasteiger partial charge is 0.319 e. The summed E-state index contributed by atoms with van der Waals surface area (Å²) >= 11 is 1.89. The fourth-order valence-corrected chi connectivity index (χ4v) is 3.55. The third-order valence-corrected chi connectivity index (χ3v) is 5.02. The first-order valence-electron chi connectivity index (χ1n) is 7.47. The molecule has 1 aromatic rings. The molecule has 0 aliphatic heterocycles. The zero-order valence-electron chi connectivity index (χ0n) is 12.6. The molecule has 0 bridgehead atoms. The van der Waals surface area contributed by atoms with Gasteiger partial charge in [0.2, 0.25) is 0 Å². The fraction of sp³-hybridized carbons (Fsp3) is 0.562. The lowest BCUT2D eigenvalue weighted by atomic mass is 9.95. The Balaban J connectivity index is 1.88.